The van der Waals surface area contributed by atoms with Gasteiger partial charge in [-0.1, -0.05) is 0 Å². The third-order valence-electron chi connectivity index (χ3n) is 3.70. The van der Waals surface area contributed by atoms with Gasteiger partial charge in [0.05, 0.1) is 0 Å². The standard InChI is InChI=1S/C20H25BCl/c1-5-9-18(15(3)11-8-13-21)14-17(6-2)20-16(4)10-7-12-19(20)22/h7,9-10,12-14H,3,5-6,8,11H2,1-2,4H3/b17-14+,18-9-. The van der Waals surface area contributed by atoms with E-state index in [9.17, 15) is 0 Å². The monoisotopic (exact) mass is 311 g/mol. The van der Waals surface area contributed by atoms with Gasteiger partial charge in [-0.2, -0.15) is 0 Å². The molecule has 0 nitrogen and oxygen atoms in total. The molecule has 0 saturated heterocycles. The third-order valence-corrected chi connectivity index (χ3v) is 4.01. The van der Waals surface area contributed by atoms with Gasteiger partial charge in [0.2, 0.25) is 0 Å². The Balaban J connectivity index is 3.24. The summed E-state index contributed by atoms with van der Waals surface area (Å²) in [6.07, 6.45) is 8.10. The van der Waals surface area contributed by atoms with Crippen LogP contribution in [-0.4, -0.2) is 13.5 Å². The molecular formula is C20H25BCl. The maximum absolute atomic E-state index is 6.42. The van der Waals surface area contributed by atoms with Crippen LogP contribution >= 0.6 is 11.6 Å². The van der Waals surface area contributed by atoms with Gasteiger partial charge in [0, 0.05) is 0 Å². The summed E-state index contributed by atoms with van der Waals surface area (Å²) in [5, 5.41) is 0.810. The van der Waals surface area contributed by atoms with Crippen molar-refractivity contribution in [2.45, 2.75) is 46.5 Å². The number of halogens is 1. The van der Waals surface area contributed by atoms with Crippen LogP contribution in [0.3, 0.4) is 0 Å². The van der Waals surface area contributed by atoms with Crippen molar-refractivity contribution < 1.29 is 0 Å². The average Bonchev–Trinajstić information content (AvgIpc) is 2.50. The fraction of sp³-hybridized carbons (Fsp3) is 0.350. The van der Waals surface area contributed by atoms with Gasteiger partial charge < -0.3 is 0 Å². The summed E-state index contributed by atoms with van der Waals surface area (Å²) in [5.41, 5.74) is 5.92. The Morgan fingerprint density at radius 1 is 1.32 bits per heavy atom. The zero-order valence-corrected chi connectivity index (χ0v) is 14.7. The second-order valence-electron chi connectivity index (χ2n) is 5.40. The fourth-order valence-electron chi connectivity index (χ4n) is 2.50. The van der Waals surface area contributed by atoms with E-state index >= 15 is 0 Å². The second-order valence-corrected chi connectivity index (χ2v) is 5.81. The van der Waals surface area contributed by atoms with Crippen LogP contribution in [0.25, 0.3) is 5.57 Å². The van der Waals surface area contributed by atoms with Crippen molar-refractivity contribution >= 4 is 30.6 Å². The van der Waals surface area contributed by atoms with Gasteiger partial charge in [-0.05, 0) is 0 Å². The van der Waals surface area contributed by atoms with Gasteiger partial charge in [-0.15, -0.1) is 0 Å². The molecule has 1 aromatic rings. The van der Waals surface area contributed by atoms with Crippen molar-refractivity contribution in [1.29, 1.82) is 0 Å². The van der Waals surface area contributed by atoms with Crippen LogP contribution in [0.5, 0.6) is 0 Å². The Morgan fingerprint density at radius 2 is 2.05 bits per heavy atom. The number of benzene rings is 1. The number of allylic oxidation sites excluding steroid dienone is 5. The summed E-state index contributed by atoms with van der Waals surface area (Å²) in [6.45, 7) is 10.6. The molecule has 0 spiro atoms. The second kappa shape index (κ2) is 9.64. The van der Waals surface area contributed by atoms with E-state index in [2.05, 4.69) is 45.6 Å². The molecule has 0 aliphatic rings. The van der Waals surface area contributed by atoms with Crippen molar-refractivity contribution in [3.8, 4) is 0 Å². The van der Waals surface area contributed by atoms with Gasteiger partial charge in [0.15, 0.2) is 0 Å². The molecular weight excluding hydrogens is 286 g/mol. The predicted molar refractivity (Wildman–Crippen MR) is 103 cm³/mol. The average molecular weight is 312 g/mol. The first-order chi connectivity index (χ1) is 10.5. The Morgan fingerprint density at radius 3 is 2.59 bits per heavy atom. The topological polar surface area (TPSA) is 0 Å². The molecule has 1 aromatic carbocycles. The van der Waals surface area contributed by atoms with Crippen molar-refractivity contribution in [1.82, 2.24) is 0 Å². The fourth-order valence-corrected chi connectivity index (χ4v) is 2.85. The van der Waals surface area contributed by atoms with Gasteiger partial charge >= 0.3 is 141 Å². The van der Waals surface area contributed by atoms with Gasteiger partial charge in [-0.25, -0.2) is 0 Å². The Bertz CT molecular complexity index is 573. The number of hydrogen-bond donors (Lipinski definition) is 0. The minimum absolute atomic E-state index is 0.810. The molecule has 0 heterocycles. The molecule has 0 aliphatic heterocycles. The molecule has 0 amide bonds. The Kier molecular flexibility index (Phi) is 8.20. The van der Waals surface area contributed by atoms with Crippen LogP contribution in [0, 0.1) is 6.92 Å². The van der Waals surface area contributed by atoms with E-state index in [1.54, 1.807) is 5.97 Å². The first-order valence-corrected chi connectivity index (χ1v) is 8.30. The zero-order chi connectivity index (χ0) is 16.5. The van der Waals surface area contributed by atoms with Crippen LogP contribution in [0.4, 0.5) is 0 Å². The van der Waals surface area contributed by atoms with Gasteiger partial charge in [0.25, 0.3) is 0 Å². The quantitative estimate of drug-likeness (QED) is 0.403. The van der Waals surface area contributed by atoms with E-state index in [0.29, 0.717) is 0 Å². The Hall–Kier alpha value is -1.34. The van der Waals surface area contributed by atoms with E-state index in [-0.39, 0.29) is 0 Å². The Labute approximate surface area is 141 Å². The molecule has 115 valence electrons. The van der Waals surface area contributed by atoms with E-state index < -0.39 is 0 Å². The summed E-state index contributed by atoms with van der Waals surface area (Å²) in [4.78, 5) is 0. The normalized spacial score (nSPS) is 12.3. The van der Waals surface area contributed by atoms with Crippen molar-refractivity contribution in [2.75, 3.05) is 0 Å². The van der Waals surface area contributed by atoms with E-state index in [0.717, 1.165) is 41.8 Å². The molecule has 1 rings (SSSR count). The van der Waals surface area contributed by atoms with Crippen LogP contribution < -0.4 is 0 Å². The first-order valence-electron chi connectivity index (χ1n) is 7.92. The first kappa shape index (κ1) is 18.7. The molecule has 2 heteroatoms. The van der Waals surface area contributed by atoms with Crippen LogP contribution in [0.15, 0.2) is 48.1 Å². The van der Waals surface area contributed by atoms with E-state index in [1.165, 1.54) is 16.7 Å². The van der Waals surface area contributed by atoms with Crippen molar-refractivity contribution in [2.24, 2.45) is 0 Å². The maximum atomic E-state index is 6.42. The summed E-state index contributed by atoms with van der Waals surface area (Å²) in [6, 6.07) is 6.05. The SMILES string of the molecule is [B]=CCCC(=C)C(=C\CC)/C=C(\CC)c1c(C)cccc1Cl. The van der Waals surface area contributed by atoms with Gasteiger partial charge in [0.1, 0.15) is 0 Å². The summed E-state index contributed by atoms with van der Waals surface area (Å²) in [7, 11) is 5.49. The molecule has 0 bridgehead atoms. The van der Waals surface area contributed by atoms with Crippen molar-refractivity contribution in [3.05, 3.63) is 64.2 Å². The molecule has 22 heavy (non-hydrogen) atoms. The van der Waals surface area contributed by atoms with E-state index in [4.69, 9.17) is 19.1 Å². The number of aryl methyl sites for hydroxylation is 1. The zero-order valence-electron chi connectivity index (χ0n) is 14.0. The van der Waals surface area contributed by atoms with Gasteiger partial charge in [-0.3, -0.25) is 0 Å². The summed E-state index contributed by atoms with van der Waals surface area (Å²) < 4.78 is 0. The van der Waals surface area contributed by atoms with Crippen LogP contribution in [0.2, 0.25) is 5.02 Å². The summed E-state index contributed by atoms with van der Waals surface area (Å²) in [5.74, 6) is 1.69. The predicted octanol–water partition coefficient (Wildman–Crippen LogP) is 6.09. The van der Waals surface area contributed by atoms with Crippen LogP contribution in [-0.2, 0) is 0 Å². The molecule has 0 atom stereocenters. The van der Waals surface area contributed by atoms with E-state index in [1.807, 2.05) is 12.1 Å². The molecule has 0 fully saturated rings. The minimum atomic E-state index is 0.810. The molecule has 0 saturated carbocycles. The molecule has 0 N–H and O–H groups in total. The molecule has 0 aliphatic carbocycles. The number of rotatable bonds is 8. The molecule has 1 radical (unpaired) electrons. The third kappa shape index (κ3) is 5.14. The molecule has 0 unspecified atom stereocenters. The van der Waals surface area contributed by atoms with Crippen LogP contribution in [0.1, 0.15) is 50.7 Å². The van der Waals surface area contributed by atoms with Crippen molar-refractivity contribution in [3.63, 3.8) is 0 Å². The number of hydrogen-bond acceptors (Lipinski definition) is 0. The molecule has 0 aromatic heterocycles. The summed E-state index contributed by atoms with van der Waals surface area (Å²) >= 11 is 6.42.